The molecule has 0 aromatic rings. The Labute approximate surface area is 75.7 Å². The summed E-state index contributed by atoms with van der Waals surface area (Å²) in [5.41, 5.74) is 0. The van der Waals surface area contributed by atoms with Crippen LogP contribution >= 0.6 is 12.4 Å². The minimum absolute atomic E-state index is 0. The van der Waals surface area contributed by atoms with Crippen LogP contribution in [-0.4, -0.2) is 60.9 Å². The molecule has 0 aliphatic rings. The molecule has 0 saturated heterocycles. The first kappa shape index (κ1) is 52.0. The SMILES string of the molecule is CO.Cl.O.O.[Ca+2].[H-].[H-]. The maximum atomic E-state index is 7.00. The Bertz CT molecular complexity index is 17.2. The molecule has 5 heteroatoms. The van der Waals surface area contributed by atoms with Crippen molar-refractivity contribution in [3.63, 3.8) is 0 Å². The van der Waals surface area contributed by atoms with E-state index < -0.39 is 0 Å². The summed E-state index contributed by atoms with van der Waals surface area (Å²) in [5, 5.41) is 7.00. The van der Waals surface area contributed by atoms with Gasteiger partial charge in [-0.15, -0.1) is 12.4 Å². The van der Waals surface area contributed by atoms with Crippen molar-refractivity contribution in [3.8, 4) is 0 Å². The summed E-state index contributed by atoms with van der Waals surface area (Å²) in [7, 11) is 1.00. The summed E-state index contributed by atoms with van der Waals surface area (Å²) >= 11 is 0. The monoisotopic (exact) mass is 146 g/mol. The molecule has 0 unspecified atom stereocenters. The topological polar surface area (TPSA) is 83.2 Å². The van der Waals surface area contributed by atoms with E-state index in [1.54, 1.807) is 0 Å². The van der Waals surface area contributed by atoms with Crippen LogP contribution in [-0.2, 0) is 0 Å². The third kappa shape index (κ3) is 52.1. The average Bonchev–Trinajstić information content (AvgIpc) is 1.00. The summed E-state index contributed by atoms with van der Waals surface area (Å²) in [5.74, 6) is 0. The molecule has 0 amide bonds. The van der Waals surface area contributed by atoms with Crippen molar-refractivity contribution < 1.29 is 18.9 Å². The van der Waals surface area contributed by atoms with Gasteiger partial charge in [0.1, 0.15) is 0 Å². The van der Waals surface area contributed by atoms with Crippen molar-refractivity contribution in [2.75, 3.05) is 7.11 Å². The molecule has 0 fully saturated rings. The summed E-state index contributed by atoms with van der Waals surface area (Å²) in [6.07, 6.45) is 0. The zero-order chi connectivity index (χ0) is 2.00. The van der Waals surface area contributed by atoms with E-state index in [1.807, 2.05) is 0 Å². The summed E-state index contributed by atoms with van der Waals surface area (Å²) in [6.45, 7) is 0. The molecule has 5 N–H and O–H groups in total. The van der Waals surface area contributed by atoms with Gasteiger partial charge in [-0.25, -0.2) is 0 Å². The fourth-order valence-corrected chi connectivity index (χ4v) is 0. The molecular formula is CH11CaClO3. The Morgan fingerprint density at radius 1 is 1.17 bits per heavy atom. The molecule has 6 heavy (non-hydrogen) atoms. The smallest absolute Gasteiger partial charge is 1.00 e. The number of rotatable bonds is 0. The molecule has 0 bridgehead atoms. The predicted molar refractivity (Wildman–Crippen MR) is 30.6 cm³/mol. The van der Waals surface area contributed by atoms with Crippen LogP contribution in [0.1, 0.15) is 2.85 Å². The molecule has 0 rings (SSSR count). The Hall–Kier alpha value is 1.43. The largest absolute Gasteiger partial charge is 2.00 e. The molecule has 0 aliphatic heterocycles. The quantitative estimate of drug-likeness (QED) is 0.403. The third-order valence-corrected chi connectivity index (χ3v) is 0. The minimum Gasteiger partial charge on any atom is -1.00 e. The fourth-order valence-electron chi connectivity index (χ4n) is 0. The normalized spacial score (nSPS) is 1.00. The van der Waals surface area contributed by atoms with Gasteiger partial charge >= 0.3 is 37.7 Å². The van der Waals surface area contributed by atoms with E-state index in [9.17, 15) is 0 Å². The Morgan fingerprint density at radius 3 is 1.17 bits per heavy atom. The van der Waals surface area contributed by atoms with Crippen molar-refractivity contribution in [3.05, 3.63) is 0 Å². The van der Waals surface area contributed by atoms with Gasteiger partial charge in [-0.05, 0) is 0 Å². The van der Waals surface area contributed by atoms with Gasteiger partial charge in [0.25, 0.3) is 0 Å². The fraction of sp³-hybridized carbons (Fsp3) is 1.00. The van der Waals surface area contributed by atoms with Crippen LogP contribution in [0.3, 0.4) is 0 Å². The van der Waals surface area contributed by atoms with E-state index in [4.69, 9.17) is 5.11 Å². The van der Waals surface area contributed by atoms with Crippen molar-refractivity contribution in [2.24, 2.45) is 0 Å². The van der Waals surface area contributed by atoms with Gasteiger partial charge in [0.2, 0.25) is 0 Å². The molecule has 3 nitrogen and oxygen atoms in total. The van der Waals surface area contributed by atoms with Crippen LogP contribution in [0.25, 0.3) is 0 Å². The van der Waals surface area contributed by atoms with Gasteiger partial charge in [-0.1, -0.05) is 0 Å². The number of hydrogen-bond donors (Lipinski definition) is 1. The van der Waals surface area contributed by atoms with Gasteiger partial charge in [0.15, 0.2) is 0 Å². The van der Waals surface area contributed by atoms with Crippen molar-refractivity contribution >= 4 is 50.1 Å². The third-order valence-electron chi connectivity index (χ3n) is 0. The van der Waals surface area contributed by atoms with Crippen LogP contribution < -0.4 is 0 Å². The second-order valence-electron chi connectivity index (χ2n) is 0. The summed E-state index contributed by atoms with van der Waals surface area (Å²) < 4.78 is 0. The number of halogens is 1. The molecule has 0 radical (unpaired) electrons. The maximum absolute atomic E-state index is 7.00. The number of aliphatic hydroxyl groups excluding tert-OH is 1. The van der Waals surface area contributed by atoms with E-state index >= 15 is 0 Å². The average molecular weight is 147 g/mol. The Kier molecular flexibility index (Phi) is 804. The van der Waals surface area contributed by atoms with Gasteiger partial charge in [-0.2, -0.15) is 0 Å². The second kappa shape index (κ2) is 92.7. The van der Waals surface area contributed by atoms with E-state index in [-0.39, 0.29) is 64.0 Å². The molecule has 0 heterocycles. The van der Waals surface area contributed by atoms with Crippen molar-refractivity contribution in [1.82, 2.24) is 0 Å². The molecule has 0 aliphatic carbocycles. The molecular weight excluding hydrogens is 136 g/mol. The predicted octanol–water partition coefficient (Wildman–Crippen LogP) is -1.77. The number of aliphatic hydroxyl groups is 1. The summed E-state index contributed by atoms with van der Waals surface area (Å²) in [4.78, 5) is 0. The standard InChI is InChI=1S/CH4O.Ca.ClH.2H2O.2H/c1-2;;;;;;/h2H,1H3;;1H;2*1H2;;/q;+2;;;;2*-1. The second-order valence-corrected chi connectivity index (χ2v) is 0. The first-order chi connectivity index (χ1) is 1.00. The molecule has 0 saturated carbocycles. The molecule has 42 valence electrons. The van der Waals surface area contributed by atoms with E-state index in [2.05, 4.69) is 0 Å². The number of hydrogen-bond acceptors (Lipinski definition) is 1. The Balaban J connectivity index is -0.000000000333. The van der Waals surface area contributed by atoms with E-state index in [0.29, 0.717) is 0 Å². The molecule has 0 spiro atoms. The summed E-state index contributed by atoms with van der Waals surface area (Å²) in [6, 6.07) is 0. The molecule has 0 atom stereocenters. The minimum atomic E-state index is 0. The first-order valence-electron chi connectivity index (χ1n) is 0.447. The van der Waals surface area contributed by atoms with Crippen LogP contribution in [0, 0.1) is 0 Å². The van der Waals surface area contributed by atoms with Crippen LogP contribution in [0.15, 0.2) is 0 Å². The van der Waals surface area contributed by atoms with Gasteiger partial charge in [0, 0.05) is 7.11 Å². The van der Waals surface area contributed by atoms with Crippen LogP contribution in [0.5, 0.6) is 0 Å². The first-order valence-corrected chi connectivity index (χ1v) is 0.447. The molecule has 0 aromatic heterocycles. The van der Waals surface area contributed by atoms with E-state index in [1.165, 1.54) is 0 Å². The van der Waals surface area contributed by atoms with E-state index in [0.717, 1.165) is 7.11 Å². The van der Waals surface area contributed by atoms with Gasteiger partial charge < -0.3 is 18.9 Å². The maximum Gasteiger partial charge on any atom is 2.00 e. The Morgan fingerprint density at radius 2 is 1.17 bits per heavy atom. The van der Waals surface area contributed by atoms with Crippen molar-refractivity contribution in [2.45, 2.75) is 0 Å². The zero-order valence-corrected chi connectivity index (χ0v) is 6.59. The zero-order valence-electron chi connectivity index (χ0n) is 5.56. The van der Waals surface area contributed by atoms with Crippen LogP contribution in [0.4, 0.5) is 0 Å². The molecule has 0 aromatic carbocycles. The van der Waals surface area contributed by atoms with Crippen LogP contribution in [0.2, 0.25) is 0 Å². The van der Waals surface area contributed by atoms with Gasteiger partial charge in [-0.3, -0.25) is 0 Å². The van der Waals surface area contributed by atoms with Gasteiger partial charge in [0.05, 0.1) is 0 Å². The van der Waals surface area contributed by atoms with Crippen molar-refractivity contribution in [1.29, 1.82) is 0 Å².